The standard InChI is InChI=1S/C21H23F3N6O4S/c1-12(2)19(31)29-10-16-17(11-29)27-20(25-4-5-34-35-3)28-18(16)26-9-13-6-14(21(22,23)24)8-15(7-13)30(32)33/h6-8H,1,4-5,9-11H2,2-3H3,(H2,25,26,27,28). The molecule has 0 fully saturated rings. The van der Waals surface area contributed by atoms with E-state index in [-0.39, 0.29) is 37.1 Å². The second-order valence-electron chi connectivity index (χ2n) is 7.67. The molecule has 2 aromatic rings. The van der Waals surface area contributed by atoms with Crippen LogP contribution in [0, 0.1) is 10.1 Å². The zero-order chi connectivity index (χ0) is 25.8. The Morgan fingerprint density at radius 3 is 2.66 bits per heavy atom. The average molecular weight is 513 g/mol. The van der Waals surface area contributed by atoms with Gasteiger partial charge in [-0.3, -0.25) is 14.9 Å². The number of rotatable bonds is 10. The third-order valence-corrected chi connectivity index (χ3v) is 5.40. The lowest BCUT2D eigenvalue weighted by atomic mass is 10.1. The van der Waals surface area contributed by atoms with Gasteiger partial charge in [0.15, 0.2) is 0 Å². The number of hydrogen-bond acceptors (Lipinski definition) is 9. The molecular weight excluding hydrogens is 489 g/mol. The van der Waals surface area contributed by atoms with Crippen molar-refractivity contribution in [1.29, 1.82) is 0 Å². The molecule has 2 heterocycles. The van der Waals surface area contributed by atoms with Crippen LogP contribution in [0.3, 0.4) is 0 Å². The van der Waals surface area contributed by atoms with Crippen LogP contribution in [-0.4, -0.2) is 45.1 Å². The number of aromatic nitrogens is 2. The molecular formula is C21H23F3N6O4S. The maximum absolute atomic E-state index is 13.2. The Hall–Kier alpha value is -3.39. The molecule has 0 aliphatic carbocycles. The summed E-state index contributed by atoms with van der Waals surface area (Å²) in [5.41, 5.74) is -0.212. The van der Waals surface area contributed by atoms with Crippen LogP contribution in [-0.2, 0) is 34.8 Å². The van der Waals surface area contributed by atoms with Gasteiger partial charge in [0.1, 0.15) is 5.82 Å². The maximum atomic E-state index is 13.2. The number of nitrogens with one attached hydrogen (secondary N) is 2. The summed E-state index contributed by atoms with van der Waals surface area (Å²) in [5.74, 6) is 0.293. The lowest BCUT2D eigenvalue weighted by molar-refractivity contribution is -0.385. The van der Waals surface area contributed by atoms with Gasteiger partial charge in [0.25, 0.3) is 5.69 Å². The molecule has 188 valence electrons. The van der Waals surface area contributed by atoms with Crippen LogP contribution >= 0.6 is 12.0 Å². The van der Waals surface area contributed by atoms with Crippen molar-refractivity contribution >= 4 is 35.4 Å². The molecule has 0 atom stereocenters. The van der Waals surface area contributed by atoms with Crippen LogP contribution in [0.5, 0.6) is 0 Å². The molecule has 0 radical (unpaired) electrons. The third kappa shape index (κ3) is 6.60. The van der Waals surface area contributed by atoms with Crippen molar-refractivity contribution in [3.63, 3.8) is 0 Å². The van der Waals surface area contributed by atoms with Gasteiger partial charge in [0.05, 0.1) is 35.9 Å². The first-order chi connectivity index (χ1) is 16.5. The van der Waals surface area contributed by atoms with Crippen molar-refractivity contribution in [2.75, 3.05) is 30.0 Å². The van der Waals surface area contributed by atoms with Gasteiger partial charge in [-0.2, -0.15) is 18.2 Å². The summed E-state index contributed by atoms with van der Waals surface area (Å²) in [6.45, 7) is 6.26. The normalized spacial score (nSPS) is 12.9. The fourth-order valence-electron chi connectivity index (χ4n) is 3.41. The number of carbonyl (C=O) groups is 1. The second-order valence-corrected chi connectivity index (χ2v) is 8.24. The molecule has 0 unspecified atom stereocenters. The average Bonchev–Trinajstić information content (AvgIpc) is 3.23. The molecule has 1 aromatic carbocycles. The summed E-state index contributed by atoms with van der Waals surface area (Å²) in [5, 5.41) is 17.1. The Labute approximate surface area is 203 Å². The predicted molar refractivity (Wildman–Crippen MR) is 124 cm³/mol. The van der Waals surface area contributed by atoms with Gasteiger partial charge in [-0.25, -0.2) is 4.98 Å². The predicted octanol–water partition coefficient (Wildman–Crippen LogP) is 4.14. The largest absolute Gasteiger partial charge is 0.416 e. The Bertz CT molecular complexity index is 1140. The van der Waals surface area contributed by atoms with Crippen LogP contribution in [0.1, 0.15) is 29.3 Å². The highest BCUT2D eigenvalue weighted by Crippen LogP contribution is 2.33. The lowest BCUT2D eigenvalue weighted by Crippen LogP contribution is -2.25. The SMILES string of the molecule is C=C(C)C(=O)N1Cc2nc(NCCOSC)nc(NCc3cc([N+](=O)[O-])cc(C(F)(F)F)c3)c2C1. The molecule has 0 saturated heterocycles. The molecule has 2 N–H and O–H groups in total. The number of benzene rings is 1. The molecule has 0 spiro atoms. The van der Waals surface area contributed by atoms with E-state index in [1.54, 1.807) is 13.2 Å². The first-order valence-corrected chi connectivity index (χ1v) is 11.5. The topological polar surface area (TPSA) is 123 Å². The van der Waals surface area contributed by atoms with E-state index < -0.39 is 22.4 Å². The van der Waals surface area contributed by atoms with Crippen LogP contribution in [0.2, 0.25) is 0 Å². The van der Waals surface area contributed by atoms with E-state index in [0.29, 0.717) is 41.9 Å². The van der Waals surface area contributed by atoms with Crippen LogP contribution in [0.15, 0.2) is 30.4 Å². The highest BCUT2D eigenvalue weighted by Gasteiger charge is 2.33. The first-order valence-electron chi connectivity index (χ1n) is 10.3. The first kappa shape index (κ1) is 26.2. The minimum atomic E-state index is -4.74. The number of nitro groups is 1. The number of amides is 1. The number of anilines is 2. The van der Waals surface area contributed by atoms with Gasteiger partial charge < -0.3 is 19.7 Å². The quantitative estimate of drug-likeness (QED) is 0.159. The van der Waals surface area contributed by atoms with Crippen molar-refractivity contribution in [1.82, 2.24) is 14.9 Å². The van der Waals surface area contributed by atoms with Crippen LogP contribution in [0.25, 0.3) is 0 Å². The minimum absolute atomic E-state index is 0.0506. The van der Waals surface area contributed by atoms with Gasteiger partial charge in [0.2, 0.25) is 11.9 Å². The number of carbonyl (C=O) groups excluding carboxylic acids is 1. The number of fused-ring (bicyclic) bond motifs is 1. The highest BCUT2D eigenvalue weighted by atomic mass is 32.2. The minimum Gasteiger partial charge on any atom is -0.366 e. The molecule has 3 rings (SSSR count). The summed E-state index contributed by atoms with van der Waals surface area (Å²) in [4.78, 5) is 33.1. The van der Waals surface area contributed by atoms with Crippen molar-refractivity contribution in [3.05, 3.63) is 62.8 Å². The molecule has 10 nitrogen and oxygen atoms in total. The van der Waals surface area contributed by atoms with Gasteiger partial charge in [-0.15, -0.1) is 0 Å². The summed E-state index contributed by atoms with van der Waals surface area (Å²) < 4.78 is 44.9. The Kier molecular flexibility index (Phi) is 8.17. The number of non-ortho nitro benzene ring substituents is 1. The number of halogens is 3. The molecule has 1 amide bonds. The Balaban J connectivity index is 1.89. The van der Waals surface area contributed by atoms with E-state index in [9.17, 15) is 28.1 Å². The number of nitrogens with zero attached hydrogens (tertiary/aromatic N) is 4. The summed E-state index contributed by atoms with van der Waals surface area (Å²) >= 11 is 1.20. The van der Waals surface area contributed by atoms with Gasteiger partial charge in [-0.05, 0) is 30.6 Å². The fraction of sp³-hybridized carbons (Fsp3) is 0.381. The zero-order valence-electron chi connectivity index (χ0n) is 18.9. The second kappa shape index (κ2) is 10.9. The Morgan fingerprint density at radius 2 is 2.03 bits per heavy atom. The molecule has 0 bridgehead atoms. The summed E-state index contributed by atoms with van der Waals surface area (Å²) in [6.07, 6.45) is -2.96. The van der Waals surface area contributed by atoms with E-state index in [4.69, 9.17) is 4.18 Å². The van der Waals surface area contributed by atoms with Crippen molar-refractivity contribution in [3.8, 4) is 0 Å². The lowest BCUT2D eigenvalue weighted by Gasteiger charge is -2.15. The number of hydrogen-bond donors (Lipinski definition) is 2. The Morgan fingerprint density at radius 1 is 1.29 bits per heavy atom. The smallest absolute Gasteiger partial charge is 0.366 e. The molecule has 1 aromatic heterocycles. The highest BCUT2D eigenvalue weighted by molar-refractivity contribution is 7.93. The van der Waals surface area contributed by atoms with E-state index in [1.807, 2.05) is 0 Å². The number of nitro benzene ring substituents is 1. The monoisotopic (exact) mass is 512 g/mol. The van der Waals surface area contributed by atoms with Crippen molar-refractivity contribution < 1.29 is 27.1 Å². The van der Waals surface area contributed by atoms with E-state index in [1.165, 1.54) is 16.9 Å². The van der Waals surface area contributed by atoms with E-state index in [2.05, 4.69) is 27.2 Å². The third-order valence-electron chi connectivity index (χ3n) is 5.00. The van der Waals surface area contributed by atoms with Crippen molar-refractivity contribution in [2.24, 2.45) is 0 Å². The van der Waals surface area contributed by atoms with Gasteiger partial charge >= 0.3 is 6.18 Å². The van der Waals surface area contributed by atoms with Crippen LogP contribution in [0.4, 0.5) is 30.6 Å². The number of alkyl halides is 3. The zero-order valence-corrected chi connectivity index (χ0v) is 19.8. The summed E-state index contributed by atoms with van der Waals surface area (Å²) in [6, 6.07) is 2.41. The van der Waals surface area contributed by atoms with Crippen LogP contribution < -0.4 is 10.6 Å². The maximum Gasteiger partial charge on any atom is 0.416 e. The molecule has 1 aliphatic rings. The molecule has 0 saturated carbocycles. The van der Waals surface area contributed by atoms with Crippen molar-refractivity contribution in [2.45, 2.75) is 32.7 Å². The fourth-order valence-corrected chi connectivity index (χ4v) is 3.66. The molecule has 35 heavy (non-hydrogen) atoms. The molecule has 1 aliphatic heterocycles. The van der Waals surface area contributed by atoms with E-state index >= 15 is 0 Å². The van der Waals surface area contributed by atoms with Gasteiger partial charge in [-0.1, -0.05) is 6.58 Å². The van der Waals surface area contributed by atoms with E-state index in [0.717, 1.165) is 12.1 Å². The summed E-state index contributed by atoms with van der Waals surface area (Å²) in [7, 11) is 0. The molecule has 14 heteroatoms. The van der Waals surface area contributed by atoms with Gasteiger partial charge in [0, 0.05) is 42.6 Å².